The molecule has 3 aromatic rings. The molecule has 0 saturated carbocycles. The van der Waals surface area contributed by atoms with Crippen molar-refractivity contribution in [2.24, 2.45) is 0 Å². The minimum Gasteiger partial charge on any atom is -0.322 e. The molecule has 0 aliphatic heterocycles. The van der Waals surface area contributed by atoms with E-state index in [4.69, 9.17) is 11.6 Å². The lowest BCUT2D eigenvalue weighted by Gasteiger charge is -2.36. The summed E-state index contributed by atoms with van der Waals surface area (Å²) < 4.78 is 110. The van der Waals surface area contributed by atoms with Crippen LogP contribution in [0.15, 0.2) is 60.7 Å². The monoisotopic (exact) mass is 622 g/mol. The zero-order valence-corrected chi connectivity index (χ0v) is 22.9. The number of hydrogen-bond donors (Lipinski definition) is 2. The van der Waals surface area contributed by atoms with Crippen molar-refractivity contribution in [3.63, 3.8) is 0 Å². The predicted octanol–water partition coefficient (Wildman–Crippen LogP) is 6.76. The van der Waals surface area contributed by atoms with Gasteiger partial charge in [-0.05, 0) is 67.4 Å². The van der Waals surface area contributed by atoms with Crippen LogP contribution in [0.5, 0.6) is 0 Å². The van der Waals surface area contributed by atoms with Crippen LogP contribution in [-0.4, -0.2) is 38.8 Å². The SMILES string of the molecule is Cc1cc(C(OS(C)(=O)=O)(C(F)(F)F)C(F)(F)F)cc(C)c1NC(=O)c1cccc(NC(=O)c2ccc(Cl)cc2)c1. The number of halogens is 7. The summed E-state index contributed by atoms with van der Waals surface area (Å²) in [7, 11) is -5.27. The van der Waals surface area contributed by atoms with Gasteiger partial charge >= 0.3 is 18.0 Å². The van der Waals surface area contributed by atoms with Crippen molar-refractivity contribution < 1.29 is 48.5 Å². The largest absolute Gasteiger partial charge is 0.432 e. The maximum atomic E-state index is 13.9. The Kier molecular flexibility index (Phi) is 8.82. The summed E-state index contributed by atoms with van der Waals surface area (Å²) in [5.74, 6) is -1.30. The normalized spacial score (nSPS) is 12.6. The van der Waals surface area contributed by atoms with Crippen LogP contribution in [-0.2, 0) is 19.9 Å². The molecule has 0 aliphatic rings. The number of benzene rings is 3. The summed E-state index contributed by atoms with van der Waals surface area (Å²) in [6.07, 6.45) is -12.4. The molecule has 0 saturated heterocycles. The summed E-state index contributed by atoms with van der Waals surface area (Å²) in [5, 5.41) is 5.44. The molecule has 0 atom stereocenters. The first-order valence-electron chi connectivity index (χ1n) is 11.4. The van der Waals surface area contributed by atoms with E-state index in [1.54, 1.807) is 0 Å². The number of rotatable bonds is 7. The highest BCUT2D eigenvalue weighted by Gasteiger charge is 2.75. The fourth-order valence-electron chi connectivity index (χ4n) is 3.95. The second kappa shape index (κ2) is 11.3. The van der Waals surface area contributed by atoms with Crippen LogP contribution < -0.4 is 10.6 Å². The first-order valence-corrected chi connectivity index (χ1v) is 13.6. The fraction of sp³-hybridized carbons (Fsp3) is 0.231. The molecule has 0 spiro atoms. The standard InChI is InChI=1S/C26H21ClF6N2O5S/c1-14-11-18(24(25(28,29)30,26(31,32)33)40-41(3,38)39)12-15(2)21(14)35-23(37)17-5-4-6-20(13-17)34-22(36)16-7-9-19(27)10-8-16/h4-13H,1-3H3,(H,34,36)(H,35,37). The van der Waals surface area contributed by atoms with Gasteiger partial charge in [0, 0.05) is 33.1 Å². The third-order valence-corrected chi connectivity index (χ3v) is 6.55. The molecule has 7 nitrogen and oxygen atoms in total. The van der Waals surface area contributed by atoms with Crippen molar-refractivity contribution in [1.29, 1.82) is 0 Å². The van der Waals surface area contributed by atoms with Crippen molar-refractivity contribution in [2.75, 3.05) is 16.9 Å². The maximum Gasteiger partial charge on any atom is 0.432 e. The van der Waals surface area contributed by atoms with Crippen LogP contribution in [0, 0.1) is 13.8 Å². The van der Waals surface area contributed by atoms with Crippen molar-refractivity contribution in [2.45, 2.75) is 31.8 Å². The van der Waals surface area contributed by atoms with Crippen molar-refractivity contribution in [3.05, 3.63) is 93.5 Å². The van der Waals surface area contributed by atoms with Gasteiger partial charge in [0.1, 0.15) is 0 Å². The molecule has 3 rings (SSSR count). The smallest absolute Gasteiger partial charge is 0.322 e. The number of alkyl halides is 6. The van der Waals surface area contributed by atoms with E-state index in [-0.39, 0.29) is 39.9 Å². The second-order valence-electron chi connectivity index (χ2n) is 8.95. The van der Waals surface area contributed by atoms with Crippen LogP contribution in [0.2, 0.25) is 5.02 Å². The number of hydrogen-bond acceptors (Lipinski definition) is 5. The topological polar surface area (TPSA) is 102 Å². The zero-order valence-electron chi connectivity index (χ0n) is 21.4. The van der Waals surface area contributed by atoms with E-state index in [1.165, 1.54) is 48.5 Å². The van der Waals surface area contributed by atoms with E-state index in [1.807, 2.05) is 0 Å². The summed E-state index contributed by atoms with van der Waals surface area (Å²) >= 11 is 5.81. The summed E-state index contributed by atoms with van der Waals surface area (Å²) in [5.41, 5.74) is -6.82. The Hall–Kier alpha value is -3.62. The van der Waals surface area contributed by atoms with Gasteiger partial charge in [0.05, 0.1) is 6.26 Å². The van der Waals surface area contributed by atoms with E-state index < -0.39 is 45.4 Å². The molecule has 2 amide bonds. The van der Waals surface area contributed by atoms with E-state index >= 15 is 0 Å². The van der Waals surface area contributed by atoms with Crippen LogP contribution in [0.3, 0.4) is 0 Å². The van der Waals surface area contributed by atoms with Gasteiger partial charge in [0.25, 0.3) is 21.9 Å². The average Bonchev–Trinajstić information content (AvgIpc) is 2.83. The fourth-order valence-corrected chi connectivity index (χ4v) is 4.82. The summed E-state index contributed by atoms with van der Waals surface area (Å²) in [6, 6.07) is 12.5. The lowest BCUT2D eigenvalue weighted by molar-refractivity contribution is -0.364. The van der Waals surface area contributed by atoms with Crippen LogP contribution in [0.1, 0.15) is 37.4 Å². The molecule has 0 fully saturated rings. The van der Waals surface area contributed by atoms with Gasteiger partial charge in [-0.3, -0.25) is 9.59 Å². The van der Waals surface area contributed by atoms with Crippen LogP contribution in [0.25, 0.3) is 0 Å². The average molecular weight is 623 g/mol. The Bertz CT molecular complexity index is 1550. The molecule has 0 bridgehead atoms. The number of carbonyl (C=O) groups is 2. The Balaban J connectivity index is 1.95. The Morgan fingerprint density at radius 2 is 1.29 bits per heavy atom. The van der Waals surface area contributed by atoms with E-state index in [2.05, 4.69) is 14.8 Å². The first kappa shape index (κ1) is 31.9. The molecule has 220 valence electrons. The van der Waals surface area contributed by atoms with Gasteiger partial charge in [0.2, 0.25) is 0 Å². The van der Waals surface area contributed by atoms with Crippen molar-refractivity contribution in [1.82, 2.24) is 0 Å². The minimum absolute atomic E-state index is 0.00197. The van der Waals surface area contributed by atoms with Gasteiger partial charge in [-0.1, -0.05) is 29.8 Å². The highest BCUT2D eigenvalue weighted by molar-refractivity contribution is 7.86. The number of amides is 2. The first-order chi connectivity index (χ1) is 18.7. The third kappa shape index (κ3) is 7.00. The summed E-state index contributed by atoms with van der Waals surface area (Å²) in [4.78, 5) is 25.4. The predicted molar refractivity (Wildman–Crippen MR) is 139 cm³/mol. The second-order valence-corrected chi connectivity index (χ2v) is 11.0. The molecule has 0 radical (unpaired) electrons. The van der Waals surface area contributed by atoms with E-state index in [0.29, 0.717) is 17.2 Å². The highest BCUT2D eigenvalue weighted by atomic mass is 35.5. The lowest BCUT2D eigenvalue weighted by Crippen LogP contribution is -2.56. The van der Waals surface area contributed by atoms with E-state index in [9.17, 15) is 44.3 Å². The molecule has 41 heavy (non-hydrogen) atoms. The molecule has 2 N–H and O–H groups in total. The maximum absolute atomic E-state index is 13.9. The molecular weight excluding hydrogens is 602 g/mol. The summed E-state index contributed by atoms with van der Waals surface area (Å²) in [6.45, 7) is 2.26. The van der Waals surface area contributed by atoms with Gasteiger partial charge in [-0.15, -0.1) is 0 Å². The van der Waals surface area contributed by atoms with Crippen molar-refractivity contribution >= 4 is 44.9 Å². The molecule has 15 heteroatoms. The van der Waals surface area contributed by atoms with Crippen molar-refractivity contribution in [3.8, 4) is 0 Å². The minimum atomic E-state index is -6.23. The highest BCUT2D eigenvalue weighted by Crippen LogP contribution is 2.54. The van der Waals surface area contributed by atoms with Gasteiger partial charge < -0.3 is 10.6 Å². The molecular formula is C26H21ClF6N2O5S. The van der Waals surface area contributed by atoms with Crippen LogP contribution in [0.4, 0.5) is 37.7 Å². The van der Waals surface area contributed by atoms with Gasteiger partial charge in [-0.25, -0.2) is 4.18 Å². The number of aryl methyl sites for hydroxylation is 2. The number of carbonyl (C=O) groups excluding carboxylic acids is 2. The molecule has 0 aliphatic carbocycles. The van der Waals surface area contributed by atoms with Crippen LogP contribution >= 0.6 is 11.6 Å². The van der Waals surface area contributed by atoms with Gasteiger partial charge in [0.15, 0.2) is 0 Å². The number of anilines is 2. The molecule has 0 unspecified atom stereocenters. The van der Waals surface area contributed by atoms with Gasteiger partial charge in [-0.2, -0.15) is 34.8 Å². The Morgan fingerprint density at radius 1 is 0.780 bits per heavy atom. The lowest BCUT2D eigenvalue weighted by atomic mass is 9.89. The quantitative estimate of drug-likeness (QED) is 0.224. The Labute approximate surface area is 235 Å². The Morgan fingerprint density at radius 3 is 1.78 bits per heavy atom. The third-order valence-electron chi connectivity index (χ3n) is 5.74. The number of nitrogens with one attached hydrogen (secondary N) is 2. The zero-order chi connectivity index (χ0) is 31.0. The molecule has 0 heterocycles. The molecule has 3 aromatic carbocycles. The molecule has 0 aromatic heterocycles. The van der Waals surface area contributed by atoms with E-state index in [0.717, 1.165) is 13.8 Å².